The number of ether oxygens (including phenoxy) is 3. The molecule has 3 fully saturated rings. The van der Waals surface area contributed by atoms with Gasteiger partial charge in [0.1, 0.15) is 22.3 Å². The third-order valence-corrected chi connectivity index (χ3v) is 14.4. The van der Waals surface area contributed by atoms with Crippen molar-refractivity contribution in [3.8, 4) is 5.75 Å². The summed E-state index contributed by atoms with van der Waals surface area (Å²) in [4.78, 5) is 21.3. The first-order chi connectivity index (χ1) is 25.7. The summed E-state index contributed by atoms with van der Waals surface area (Å²) in [7, 11) is -1.55. The van der Waals surface area contributed by atoms with Crippen molar-refractivity contribution in [1.82, 2.24) is 14.5 Å². The molecular formula is C42H59ClN4O5S. The molecule has 4 aliphatic heterocycles. The molecule has 9 nitrogen and oxygen atoms in total. The largest absolute Gasteiger partial charge is 0.491 e. The van der Waals surface area contributed by atoms with E-state index in [1.54, 1.807) is 6.07 Å². The SMILES string of the molecule is CCCc1cc(Cl)ccc1C1COc2ccc3cc2N(C1)CC1CCC1[C@@](CN1CCN(C2COC2)CC1)(OCC)/C=C/CC(C)C(C)S(=O)NC3=O. The summed E-state index contributed by atoms with van der Waals surface area (Å²) < 4.78 is 35.5. The number of carbonyl (C=O) groups is 1. The van der Waals surface area contributed by atoms with Gasteiger partial charge in [-0.15, -0.1) is 0 Å². The van der Waals surface area contributed by atoms with E-state index in [-0.39, 0.29) is 23.0 Å². The molecule has 2 aromatic carbocycles. The molecule has 6 unspecified atom stereocenters. The Morgan fingerprint density at radius 1 is 1.02 bits per heavy atom. The van der Waals surface area contributed by atoms with E-state index in [0.717, 1.165) is 108 Å². The second kappa shape index (κ2) is 17.1. The maximum atomic E-state index is 13.6. The zero-order valence-corrected chi connectivity index (χ0v) is 33.6. The van der Waals surface area contributed by atoms with Crippen LogP contribution in [-0.2, 0) is 26.9 Å². The number of amides is 1. The number of halogens is 1. The second-order valence-electron chi connectivity index (χ2n) is 16.1. The summed E-state index contributed by atoms with van der Waals surface area (Å²) in [6.45, 7) is 17.9. The van der Waals surface area contributed by atoms with Gasteiger partial charge in [0.2, 0.25) is 0 Å². The molecule has 2 saturated heterocycles. The van der Waals surface area contributed by atoms with Crippen LogP contribution in [0.2, 0.25) is 5.02 Å². The zero-order valence-electron chi connectivity index (χ0n) is 32.1. The molecule has 53 heavy (non-hydrogen) atoms. The van der Waals surface area contributed by atoms with Gasteiger partial charge in [-0.25, -0.2) is 4.21 Å². The summed E-state index contributed by atoms with van der Waals surface area (Å²) in [5.41, 5.74) is 3.52. The Balaban J connectivity index is 1.24. The van der Waals surface area contributed by atoms with E-state index in [2.05, 4.69) is 64.5 Å². The molecule has 1 aliphatic carbocycles. The van der Waals surface area contributed by atoms with Crippen molar-refractivity contribution < 1.29 is 23.2 Å². The number of nitrogens with one attached hydrogen (secondary N) is 1. The standard InChI is InChI=1S/C42H59ClN4O5S/c1-5-8-31-21-35(43)12-13-37(31)34-24-47-23-33-10-14-38(33)42(52-6-2,28-45-17-19-46(20-18-45)36-26-50-27-36)16-7-9-29(3)30(4)53(49)44-41(48)32-11-15-40(51-25-34)39(47)22-32/h7,11-13,15-16,21-22,29-30,33-34,36,38H,5-6,8-10,14,17-20,23-28H2,1-4H3,(H,44,48)/b16-7+/t29?,30?,33?,34?,38?,42-,53?/m1/s1. The van der Waals surface area contributed by atoms with E-state index in [1.165, 1.54) is 11.1 Å². The molecule has 4 heterocycles. The van der Waals surface area contributed by atoms with Gasteiger partial charge in [0, 0.05) is 68.9 Å². The van der Waals surface area contributed by atoms with Crippen LogP contribution in [0.5, 0.6) is 5.75 Å². The number of nitrogens with zero attached hydrogens (tertiary/aromatic N) is 3. The molecule has 1 saturated carbocycles. The molecule has 7 rings (SSSR count). The predicted octanol–water partition coefficient (Wildman–Crippen LogP) is 6.47. The Morgan fingerprint density at radius 3 is 2.53 bits per heavy atom. The summed E-state index contributed by atoms with van der Waals surface area (Å²) >= 11 is 6.52. The summed E-state index contributed by atoms with van der Waals surface area (Å²) in [5.74, 6) is 1.39. The van der Waals surface area contributed by atoms with Crippen LogP contribution >= 0.6 is 11.6 Å². The number of fused-ring (bicyclic) bond motifs is 2. The average molecular weight is 767 g/mol. The monoisotopic (exact) mass is 766 g/mol. The quantitative estimate of drug-likeness (QED) is 0.307. The van der Waals surface area contributed by atoms with Crippen molar-refractivity contribution in [3.63, 3.8) is 0 Å². The number of allylic oxidation sites excluding steroid dienone is 1. The van der Waals surface area contributed by atoms with Crippen molar-refractivity contribution in [2.75, 3.05) is 77.1 Å². The van der Waals surface area contributed by atoms with Gasteiger partial charge in [-0.1, -0.05) is 50.1 Å². The average Bonchev–Trinajstić information content (AvgIpc) is 3.28. The van der Waals surface area contributed by atoms with E-state index in [4.69, 9.17) is 25.8 Å². The third-order valence-electron chi connectivity index (χ3n) is 12.7. The number of aryl methyl sites for hydroxylation is 1. The molecule has 290 valence electrons. The van der Waals surface area contributed by atoms with Crippen molar-refractivity contribution in [1.29, 1.82) is 0 Å². The normalized spacial score (nSPS) is 32.4. The third kappa shape index (κ3) is 8.53. The Kier molecular flexibility index (Phi) is 12.5. The number of rotatable bonds is 8. The van der Waals surface area contributed by atoms with Crippen molar-refractivity contribution in [3.05, 3.63) is 70.3 Å². The Morgan fingerprint density at radius 2 is 1.83 bits per heavy atom. The van der Waals surface area contributed by atoms with Gasteiger partial charge in [-0.3, -0.25) is 19.3 Å². The highest BCUT2D eigenvalue weighted by Gasteiger charge is 2.49. The molecular weight excluding hydrogens is 708 g/mol. The van der Waals surface area contributed by atoms with Gasteiger partial charge in [0.25, 0.3) is 5.91 Å². The van der Waals surface area contributed by atoms with Crippen molar-refractivity contribution in [2.24, 2.45) is 17.8 Å². The molecule has 7 atom stereocenters. The minimum Gasteiger partial charge on any atom is -0.491 e. The smallest absolute Gasteiger partial charge is 0.263 e. The first-order valence-electron chi connectivity index (χ1n) is 20.1. The van der Waals surface area contributed by atoms with Gasteiger partial charge in [0.15, 0.2) is 0 Å². The Hall–Kier alpha value is -2.47. The van der Waals surface area contributed by atoms with Gasteiger partial charge >= 0.3 is 0 Å². The van der Waals surface area contributed by atoms with Crippen LogP contribution < -0.4 is 14.4 Å². The zero-order chi connectivity index (χ0) is 37.1. The lowest BCUT2D eigenvalue weighted by atomic mass is 9.63. The highest BCUT2D eigenvalue weighted by molar-refractivity contribution is 7.84. The van der Waals surface area contributed by atoms with E-state index in [1.807, 2.05) is 25.1 Å². The van der Waals surface area contributed by atoms with Crippen LogP contribution in [-0.4, -0.2) is 109 Å². The molecule has 2 bridgehead atoms. The lowest BCUT2D eigenvalue weighted by Gasteiger charge is -2.52. The highest BCUT2D eigenvalue weighted by atomic mass is 35.5. The number of anilines is 1. The molecule has 5 aliphatic rings. The fraction of sp³-hybridized carbons (Fsp3) is 0.643. The molecule has 0 aromatic heterocycles. The summed E-state index contributed by atoms with van der Waals surface area (Å²) in [6, 6.07) is 12.5. The predicted molar refractivity (Wildman–Crippen MR) is 214 cm³/mol. The number of hydrogen-bond acceptors (Lipinski definition) is 8. The molecule has 2 aromatic rings. The van der Waals surface area contributed by atoms with Gasteiger partial charge in [0.05, 0.1) is 36.8 Å². The highest BCUT2D eigenvalue weighted by Crippen LogP contribution is 2.48. The topological polar surface area (TPSA) is 83.6 Å². The number of benzene rings is 2. The van der Waals surface area contributed by atoms with Crippen LogP contribution in [0.1, 0.15) is 80.8 Å². The van der Waals surface area contributed by atoms with Crippen molar-refractivity contribution >= 4 is 34.2 Å². The maximum Gasteiger partial charge on any atom is 0.263 e. The molecule has 1 N–H and O–H groups in total. The van der Waals surface area contributed by atoms with E-state index in [9.17, 15) is 9.00 Å². The number of piperazine rings is 1. The summed E-state index contributed by atoms with van der Waals surface area (Å²) in [5, 5.41) is 0.531. The lowest BCUT2D eigenvalue weighted by Crippen LogP contribution is -2.61. The molecule has 1 amide bonds. The van der Waals surface area contributed by atoms with Gasteiger partial charge in [-0.05, 0) is 98.7 Å². The fourth-order valence-electron chi connectivity index (χ4n) is 9.13. The number of carbonyl (C=O) groups excluding carboxylic acids is 1. The van der Waals surface area contributed by atoms with Crippen LogP contribution in [0.4, 0.5) is 5.69 Å². The lowest BCUT2D eigenvalue weighted by molar-refractivity contribution is -0.119. The van der Waals surface area contributed by atoms with E-state index >= 15 is 0 Å². The molecule has 0 radical (unpaired) electrons. The Bertz CT molecular complexity index is 1650. The molecule has 11 heteroatoms. The van der Waals surface area contributed by atoms with Gasteiger partial charge in [-0.2, -0.15) is 0 Å². The number of hydrogen-bond donors (Lipinski definition) is 1. The minimum absolute atomic E-state index is 0.100. The maximum absolute atomic E-state index is 13.6. The van der Waals surface area contributed by atoms with E-state index in [0.29, 0.717) is 36.7 Å². The molecule has 0 spiro atoms. The fourth-order valence-corrected chi connectivity index (χ4v) is 10.3. The summed E-state index contributed by atoms with van der Waals surface area (Å²) in [6.07, 6.45) is 9.62. The van der Waals surface area contributed by atoms with Crippen LogP contribution in [0.25, 0.3) is 0 Å². The second-order valence-corrected chi connectivity index (χ2v) is 18.1. The van der Waals surface area contributed by atoms with Crippen LogP contribution in [0, 0.1) is 17.8 Å². The Labute approximate surface area is 324 Å². The van der Waals surface area contributed by atoms with E-state index < -0.39 is 16.6 Å². The van der Waals surface area contributed by atoms with Crippen LogP contribution in [0.3, 0.4) is 0 Å². The first-order valence-corrected chi connectivity index (χ1v) is 21.6. The minimum atomic E-state index is -1.55. The van der Waals surface area contributed by atoms with Gasteiger partial charge < -0.3 is 19.1 Å². The van der Waals surface area contributed by atoms with Crippen molar-refractivity contribution in [2.45, 2.75) is 82.6 Å². The van der Waals surface area contributed by atoms with Crippen LogP contribution in [0.15, 0.2) is 48.6 Å². The first kappa shape index (κ1) is 38.8.